The van der Waals surface area contributed by atoms with Crippen molar-refractivity contribution in [3.05, 3.63) is 35.9 Å². The second-order valence-electron chi connectivity index (χ2n) is 5.01. The van der Waals surface area contributed by atoms with Crippen molar-refractivity contribution in [2.24, 2.45) is 0 Å². The molecule has 16 heavy (non-hydrogen) atoms. The molecule has 2 rings (SSSR count). The molecule has 0 amide bonds. The third-order valence-corrected chi connectivity index (χ3v) is 3.43. The van der Waals surface area contributed by atoms with Crippen LogP contribution in [0.5, 0.6) is 0 Å². The molecule has 0 radical (unpaired) electrons. The van der Waals surface area contributed by atoms with Crippen LogP contribution in [0.2, 0.25) is 0 Å². The Hall–Kier alpha value is -1.15. The Labute approximate surface area is 96.6 Å². The van der Waals surface area contributed by atoms with Gasteiger partial charge in [0.05, 0.1) is 5.60 Å². The second kappa shape index (κ2) is 3.70. The van der Waals surface area contributed by atoms with Crippen LogP contribution in [0, 0.1) is 0 Å². The van der Waals surface area contributed by atoms with E-state index >= 15 is 0 Å². The average molecular weight is 218 g/mol. The minimum absolute atomic E-state index is 0.149. The number of hydrogen-bond acceptors (Lipinski definition) is 2. The molecule has 1 unspecified atom stereocenters. The molecule has 2 heteroatoms. The number of Topliss-reactive ketones (excluding diaryl/α,β-unsaturated/α-hetero) is 1. The van der Waals surface area contributed by atoms with E-state index in [1.807, 2.05) is 18.2 Å². The lowest BCUT2D eigenvalue weighted by atomic mass is 9.84. The highest BCUT2D eigenvalue weighted by Gasteiger charge is 2.63. The Bertz CT molecular complexity index is 394. The first-order valence-corrected chi connectivity index (χ1v) is 5.73. The summed E-state index contributed by atoms with van der Waals surface area (Å²) < 4.78 is 5.88. The van der Waals surface area contributed by atoms with E-state index in [4.69, 9.17) is 4.74 Å². The first kappa shape index (κ1) is 11.3. The maximum absolute atomic E-state index is 11.1. The largest absolute Gasteiger partial charge is 0.358 e. The number of hydrogen-bond donors (Lipinski definition) is 0. The highest BCUT2D eigenvalue weighted by molar-refractivity contribution is 5.75. The maximum Gasteiger partial charge on any atom is 0.129 e. The molecule has 0 spiro atoms. The van der Waals surface area contributed by atoms with Crippen molar-refractivity contribution in [1.29, 1.82) is 0 Å². The van der Waals surface area contributed by atoms with Crippen molar-refractivity contribution < 1.29 is 9.53 Å². The van der Waals surface area contributed by atoms with Gasteiger partial charge in [0, 0.05) is 6.42 Å². The number of benzene rings is 1. The number of carbonyl (C=O) groups excluding carboxylic acids is 1. The lowest BCUT2D eigenvalue weighted by Crippen LogP contribution is -2.19. The molecule has 1 fully saturated rings. The molecule has 0 saturated carbocycles. The Morgan fingerprint density at radius 2 is 1.81 bits per heavy atom. The van der Waals surface area contributed by atoms with Crippen molar-refractivity contribution in [3.8, 4) is 0 Å². The van der Waals surface area contributed by atoms with Crippen LogP contribution in [0.25, 0.3) is 0 Å². The first-order chi connectivity index (χ1) is 7.48. The number of ether oxygens (including phenoxy) is 1. The topological polar surface area (TPSA) is 29.6 Å². The van der Waals surface area contributed by atoms with Crippen LogP contribution in [0.3, 0.4) is 0 Å². The van der Waals surface area contributed by atoms with Gasteiger partial charge in [-0.1, -0.05) is 30.3 Å². The predicted octanol–water partition coefficient (Wildman–Crippen LogP) is 3.06. The summed E-state index contributed by atoms with van der Waals surface area (Å²) in [4.78, 5) is 11.1. The Balaban J connectivity index is 2.22. The summed E-state index contributed by atoms with van der Waals surface area (Å²) in [7, 11) is 0. The van der Waals surface area contributed by atoms with Crippen LogP contribution < -0.4 is 0 Å². The maximum atomic E-state index is 11.1. The van der Waals surface area contributed by atoms with E-state index in [-0.39, 0.29) is 17.0 Å². The zero-order valence-electron chi connectivity index (χ0n) is 10.1. The van der Waals surface area contributed by atoms with Crippen molar-refractivity contribution in [2.45, 2.75) is 44.8 Å². The molecule has 1 aliphatic rings. The van der Waals surface area contributed by atoms with Crippen molar-refractivity contribution >= 4 is 5.78 Å². The number of carbonyl (C=O) groups is 1. The van der Waals surface area contributed by atoms with Gasteiger partial charge in [0.2, 0.25) is 0 Å². The minimum atomic E-state index is -0.250. The second-order valence-corrected chi connectivity index (χ2v) is 5.01. The standard InChI is InChI=1S/C14H18O2/c1-11(15)9-10-14(13(2,3)16-14)12-7-5-4-6-8-12/h4-8H,9-10H2,1-3H3. The summed E-state index contributed by atoms with van der Waals surface area (Å²) in [6.07, 6.45) is 1.36. The molecule has 1 aromatic rings. The molecule has 0 bridgehead atoms. The minimum Gasteiger partial charge on any atom is -0.358 e. The van der Waals surface area contributed by atoms with Gasteiger partial charge >= 0.3 is 0 Å². The molecular formula is C14H18O2. The zero-order valence-corrected chi connectivity index (χ0v) is 10.1. The summed E-state index contributed by atoms with van der Waals surface area (Å²) in [6, 6.07) is 10.2. The molecule has 2 nitrogen and oxygen atoms in total. The third-order valence-electron chi connectivity index (χ3n) is 3.43. The molecule has 1 aliphatic heterocycles. The Kier molecular flexibility index (Phi) is 2.62. The van der Waals surface area contributed by atoms with Crippen LogP contribution >= 0.6 is 0 Å². The average Bonchev–Trinajstić information content (AvgIpc) is 2.81. The summed E-state index contributed by atoms with van der Waals surface area (Å²) in [5.41, 5.74) is 0.783. The normalized spacial score (nSPS) is 26.4. The van der Waals surface area contributed by atoms with Gasteiger partial charge < -0.3 is 9.53 Å². The van der Waals surface area contributed by atoms with Crippen LogP contribution in [-0.2, 0) is 15.1 Å². The molecule has 0 aromatic heterocycles. The SMILES string of the molecule is CC(=O)CCC1(c2ccccc2)OC1(C)C. The molecular weight excluding hydrogens is 200 g/mol. The summed E-state index contributed by atoms with van der Waals surface area (Å²) >= 11 is 0. The fourth-order valence-corrected chi connectivity index (χ4v) is 2.37. The summed E-state index contributed by atoms with van der Waals surface area (Å²) in [5.74, 6) is 0.224. The van der Waals surface area contributed by atoms with Gasteiger partial charge in [-0.2, -0.15) is 0 Å². The quantitative estimate of drug-likeness (QED) is 0.727. The van der Waals surface area contributed by atoms with Gasteiger partial charge in [-0.05, 0) is 32.8 Å². The molecule has 1 atom stereocenters. The number of rotatable bonds is 4. The number of epoxide rings is 1. The molecule has 1 saturated heterocycles. The van der Waals surface area contributed by atoms with Gasteiger partial charge in [-0.25, -0.2) is 0 Å². The van der Waals surface area contributed by atoms with Crippen molar-refractivity contribution in [1.82, 2.24) is 0 Å². The van der Waals surface area contributed by atoms with Crippen LogP contribution in [-0.4, -0.2) is 11.4 Å². The van der Waals surface area contributed by atoms with E-state index < -0.39 is 0 Å². The predicted molar refractivity (Wildman–Crippen MR) is 63.2 cm³/mol. The lowest BCUT2D eigenvalue weighted by Gasteiger charge is -2.14. The van der Waals surface area contributed by atoms with Crippen LogP contribution in [0.1, 0.15) is 39.2 Å². The lowest BCUT2D eigenvalue weighted by molar-refractivity contribution is -0.117. The van der Waals surface area contributed by atoms with E-state index in [1.165, 1.54) is 5.56 Å². The smallest absolute Gasteiger partial charge is 0.129 e. The van der Waals surface area contributed by atoms with Crippen LogP contribution in [0.15, 0.2) is 30.3 Å². The van der Waals surface area contributed by atoms with Gasteiger partial charge in [-0.3, -0.25) is 0 Å². The highest BCUT2D eigenvalue weighted by Crippen LogP contribution is 2.58. The van der Waals surface area contributed by atoms with E-state index in [9.17, 15) is 4.79 Å². The Morgan fingerprint density at radius 3 is 2.25 bits per heavy atom. The summed E-state index contributed by atoms with van der Waals surface area (Å²) in [5, 5.41) is 0. The van der Waals surface area contributed by atoms with Crippen LogP contribution in [0.4, 0.5) is 0 Å². The Morgan fingerprint density at radius 1 is 1.25 bits per heavy atom. The highest BCUT2D eigenvalue weighted by atomic mass is 16.6. The summed E-state index contributed by atoms with van der Waals surface area (Å²) in [6.45, 7) is 5.80. The first-order valence-electron chi connectivity index (χ1n) is 5.73. The van der Waals surface area contributed by atoms with E-state index in [1.54, 1.807) is 6.92 Å². The van der Waals surface area contributed by atoms with E-state index in [0.717, 1.165) is 6.42 Å². The third kappa shape index (κ3) is 1.78. The zero-order chi connectivity index (χ0) is 11.8. The fraction of sp³-hybridized carbons (Fsp3) is 0.500. The monoisotopic (exact) mass is 218 g/mol. The van der Waals surface area contributed by atoms with Gasteiger partial charge in [0.1, 0.15) is 11.4 Å². The van der Waals surface area contributed by atoms with Gasteiger partial charge in [-0.15, -0.1) is 0 Å². The number of ketones is 1. The van der Waals surface area contributed by atoms with Crippen molar-refractivity contribution in [2.75, 3.05) is 0 Å². The molecule has 0 N–H and O–H groups in total. The van der Waals surface area contributed by atoms with E-state index in [0.29, 0.717) is 6.42 Å². The van der Waals surface area contributed by atoms with Crippen molar-refractivity contribution in [3.63, 3.8) is 0 Å². The van der Waals surface area contributed by atoms with Gasteiger partial charge in [0.15, 0.2) is 0 Å². The fourth-order valence-electron chi connectivity index (χ4n) is 2.37. The van der Waals surface area contributed by atoms with E-state index in [2.05, 4.69) is 26.0 Å². The molecule has 86 valence electrons. The molecule has 1 heterocycles. The van der Waals surface area contributed by atoms with Gasteiger partial charge in [0.25, 0.3) is 0 Å². The molecule has 0 aliphatic carbocycles. The molecule has 1 aromatic carbocycles.